The first kappa shape index (κ1) is 19.9. The second-order valence-corrected chi connectivity index (χ2v) is 5.88. The number of benzene rings is 2. The summed E-state index contributed by atoms with van der Waals surface area (Å²) in [6, 6.07) is 13.6. The largest absolute Gasteiger partial charge is 0.491 e. The Morgan fingerprint density at radius 3 is 2.44 bits per heavy atom. The number of nitrogens with one attached hydrogen (secondary N) is 1. The molecule has 0 spiro atoms. The van der Waals surface area contributed by atoms with Crippen molar-refractivity contribution in [2.75, 3.05) is 13.2 Å². The summed E-state index contributed by atoms with van der Waals surface area (Å²) in [5.74, 6) is 5.89. The van der Waals surface area contributed by atoms with Gasteiger partial charge in [0.05, 0.1) is 18.2 Å². The number of hydrogen-bond donors (Lipinski definition) is 2. The number of ether oxygens (including phenoxy) is 2. The zero-order chi connectivity index (χ0) is 19.6. The molecule has 140 valence electrons. The Kier molecular flexibility index (Phi) is 7.26. The lowest BCUT2D eigenvalue weighted by Gasteiger charge is -2.09. The molecule has 0 bridgehead atoms. The summed E-state index contributed by atoms with van der Waals surface area (Å²) in [6.07, 6.45) is 0.0807. The van der Waals surface area contributed by atoms with Crippen LogP contribution in [0.25, 0.3) is 0 Å². The maximum absolute atomic E-state index is 12.0. The molecule has 0 heterocycles. The van der Waals surface area contributed by atoms with Crippen molar-refractivity contribution in [3.05, 3.63) is 59.7 Å². The van der Waals surface area contributed by atoms with Gasteiger partial charge < -0.3 is 20.5 Å². The summed E-state index contributed by atoms with van der Waals surface area (Å²) in [5, 5.41) is 2.70. The topological polar surface area (TPSA) is 90.7 Å². The number of carbonyl (C=O) groups is 2. The fourth-order valence-electron chi connectivity index (χ4n) is 2.21. The monoisotopic (exact) mass is 366 g/mol. The number of para-hydroxylation sites is 1. The number of primary amides is 1. The van der Waals surface area contributed by atoms with Crippen molar-refractivity contribution in [2.45, 2.75) is 20.0 Å². The van der Waals surface area contributed by atoms with Gasteiger partial charge in [-0.15, -0.1) is 0 Å². The molecule has 2 rings (SSSR count). The smallest absolute Gasteiger partial charge is 0.252 e. The first-order chi connectivity index (χ1) is 13.0. The van der Waals surface area contributed by atoms with Crippen LogP contribution in [0.1, 0.15) is 34.6 Å². The first-order valence-electron chi connectivity index (χ1n) is 8.49. The third kappa shape index (κ3) is 6.40. The van der Waals surface area contributed by atoms with E-state index in [1.54, 1.807) is 48.5 Å². The molecule has 0 aliphatic rings. The SMILES string of the molecule is CC(C)Oc1ccc(C(=O)NCC#CCOc2ccccc2C(N)=O)cc1. The van der Waals surface area contributed by atoms with Gasteiger partial charge in [0.25, 0.3) is 11.8 Å². The predicted molar refractivity (Wildman–Crippen MR) is 103 cm³/mol. The van der Waals surface area contributed by atoms with Crippen molar-refractivity contribution in [2.24, 2.45) is 5.73 Å². The van der Waals surface area contributed by atoms with Gasteiger partial charge in [-0.25, -0.2) is 0 Å². The van der Waals surface area contributed by atoms with E-state index in [0.29, 0.717) is 16.9 Å². The van der Waals surface area contributed by atoms with Gasteiger partial charge in [-0.3, -0.25) is 9.59 Å². The van der Waals surface area contributed by atoms with Gasteiger partial charge in [-0.05, 0) is 50.2 Å². The molecule has 0 aliphatic carbocycles. The van der Waals surface area contributed by atoms with E-state index in [9.17, 15) is 9.59 Å². The Labute approximate surface area is 158 Å². The fourth-order valence-corrected chi connectivity index (χ4v) is 2.21. The third-order valence-electron chi connectivity index (χ3n) is 3.40. The van der Waals surface area contributed by atoms with Gasteiger partial charge in [0, 0.05) is 5.56 Å². The van der Waals surface area contributed by atoms with Crippen molar-refractivity contribution >= 4 is 11.8 Å². The molecule has 3 N–H and O–H groups in total. The average Bonchev–Trinajstić information content (AvgIpc) is 2.64. The predicted octanol–water partition coefficient (Wildman–Crippen LogP) is 2.38. The zero-order valence-electron chi connectivity index (χ0n) is 15.3. The Morgan fingerprint density at radius 1 is 1.07 bits per heavy atom. The van der Waals surface area contributed by atoms with Crippen LogP contribution in [-0.4, -0.2) is 31.1 Å². The summed E-state index contributed by atoms with van der Waals surface area (Å²) in [6.45, 7) is 4.15. The Balaban J connectivity index is 1.78. The molecule has 2 amide bonds. The number of nitrogens with two attached hydrogens (primary N) is 1. The quantitative estimate of drug-likeness (QED) is 0.736. The van der Waals surface area contributed by atoms with E-state index in [1.165, 1.54) is 0 Å². The van der Waals surface area contributed by atoms with Gasteiger partial charge in [-0.2, -0.15) is 0 Å². The highest BCUT2D eigenvalue weighted by Gasteiger charge is 2.07. The molecule has 2 aromatic rings. The Bertz CT molecular complexity index is 848. The highest BCUT2D eigenvalue weighted by molar-refractivity contribution is 5.95. The standard InChI is InChI=1S/C21H22N2O4/c1-15(2)27-17-11-9-16(10-12-17)21(25)23-13-5-6-14-26-19-8-4-3-7-18(19)20(22)24/h3-4,7-12,15H,13-14H2,1-2H3,(H2,22,24)(H,23,25). The second-order valence-electron chi connectivity index (χ2n) is 5.88. The highest BCUT2D eigenvalue weighted by Crippen LogP contribution is 2.16. The van der Waals surface area contributed by atoms with Crippen LogP contribution in [0.5, 0.6) is 11.5 Å². The molecule has 6 nitrogen and oxygen atoms in total. The van der Waals surface area contributed by atoms with Gasteiger partial charge in [-0.1, -0.05) is 24.0 Å². The van der Waals surface area contributed by atoms with Crippen molar-refractivity contribution in [1.29, 1.82) is 0 Å². The third-order valence-corrected chi connectivity index (χ3v) is 3.40. The minimum absolute atomic E-state index is 0.0807. The molecule has 6 heteroatoms. The summed E-state index contributed by atoms with van der Waals surface area (Å²) in [4.78, 5) is 23.3. The van der Waals surface area contributed by atoms with Gasteiger partial charge in [0.15, 0.2) is 0 Å². The van der Waals surface area contributed by atoms with Gasteiger partial charge in [0.1, 0.15) is 18.1 Å². The van der Waals surface area contributed by atoms with E-state index in [2.05, 4.69) is 17.2 Å². The second kappa shape index (κ2) is 9.88. The zero-order valence-corrected chi connectivity index (χ0v) is 15.3. The van der Waals surface area contributed by atoms with Crippen LogP contribution in [0.4, 0.5) is 0 Å². The summed E-state index contributed by atoms with van der Waals surface area (Å²) in [7, 11) is 0. The average molecular weight is 366 g/mol. The van der Waals surface area contributed by atoms with Crippen LogP contribution < -0.4 is 20.5 Å². The lowest BCUT2D eigenvalue weighted by molar-refractivity contribution is 0.0956. The normalized spacial score (nSPS) is 9.89. The molecule has 0 unspecified atom stereocenters. The number of amides is 2. The summed E-state index contributed by atoms with van der Waals surface area (Å²) < 4.78 is 11.0. The molecule has 0 radical (unpaired) electrons. The van der Waals surface area contributed by atoms with Crippen LogP contribution in [0.2, 0.25) is 0 Å². The minimum atomic E-state index is -0.560. The van der Waals surface area contributed by atoms with Crippen LogP contribution >= 0.6 is 0 Å². The lowest BCUT2D eigenvalue weighted by atomic mass is 10.2. The fraction of sp³-hybridized carbons (Fsp3) is 0.238. The van der Waals surface area contributed by atoms with E-state index < -0.39 is 5.91 Å². The number of carbonyl (C=O) groups excluding carboxylic acids is 2. The van der Waals surface area contributed by atoms with Crippen LogP contribution in [-0.2, 0) is 0 Å². The highest BCUT2D eigenvalue weighted by atomic mass is 16.5. The molecule has 27 heavy (non-hydrogen) atoms. The number of rotatable bonds is 7. The van der Waals surface area contributed by atoms with E-state index in [1.807, 2.05) is 13.8 Å². The van der Waals surface area contributed by atoms with Gasteiger partial charge in [0.2, 0.25) is 0 Å². The van der Waals surface area contributed by atoms with Crippen LogP contribution in [0.15, 0.2) is 48.5 Å². The molecule has 0 saturated heterocycles. The van der Waals surface area contributed by atoms with Crippen molar-refractivity contribution in [1.82, 2.24) is 5.32 Å². The molecular weight excluding hydrogens is 344 g/mol. The van der Waals surface area contributed by atoms with Gasteiger partial charge >= 0.3 is 0 Å². The summed E-state index contributed by atoms with van der Waals surface area (Å²) >= 11 is 0. The van der Waals surface area contributed by atoms with Crippen molar-refractivity contribution < 1.29 is 19.1 Å². The van der Waals surface area contributed by atoms with Crippen LogP contribution in [0, 0.1) is 11.8 Å². The van der Waals surface area contributed by atoms with E-state index >= 15 is 0 Å². The maximum Gasteiger partial charge on any atom is 0.252 e. The minimum Gasteiger partial charge on any atom is -0.491 e. The van der Waals surface area contributed by atoms with Crippen LogP contribution in [0.3, 0.4) is 0 Å². The number of hydrogen-bond acceptors (Lipinski definition) is 4. The maximum atomic E-state index is 12.0. The first-order valence-corrected chi connectivity index (χ1v) is 8.49. The lowest BCUT2D eigenvalue weighted by Crippen LogP contribution is -2.23. The molecule has 0 atom stereocenters. The van der Waals surface area contributed by atoms with E-state index in [-0.39, 0.29) is 25.2 Å². The molecule has 0 aliphatic heterocycles. The van der Waals surface area contributed by atoms with Crippen molar-refractivity contribution in [3.8, 4) is 23.3 Å². The molecule has 0 fully saturated rings. The Morgan fingerprint density at radius 2 is 1.78 bits per heavy atom. The molecule has 0 aromatic heterocycles. The Hall–Kier alpha value is -3.46. The molecule has 0 saturated carbocycles. The van der Waals surface area contributed by atoms with E-state index in [4.69, 9.17) is 15.2 Å². The molecule has 2 aromatic carbocycles. The van der Waals surface area contributed by atoms with E-state index in [0.717, 1.165) is 5.75 Å². The van der Waals surface area contributed by atoms with Crippen molar-refractivity contribution in [3.63, 3.8) is 0 Å². The molecular formula is C21H22N2O4. The summed E-state index contributed by atoms with van der Waals surface area (Å²) in [5.41, 5.74) is 6.11.